The molecule has 0 atom stereocenters. The summed E-state index contributed by atoms with van der Waals surface area (Å²) in [5.74, 6) is 5.87. The molecule has 0 aliphatic carbocycles. The van der Waals surface area contributed by atoms with Gasteiger partial charge in [0, 0.05) is 12.0 Å². The number of hydrogen-bond donors (Lipinski definition) is 1. The Morgan fingerprint density at radius 2 is 2.12 bits per heavy atom. The molecule has 1 aromatic rings. The maximum absolute atomic E-state index is 11.4. The fraction of sp³-hybridized carbons (Fsp3) is 0.308. The number of hydrogen-bond acceptors (Lipinski definition) is 3. The van der Waals surface area contributed by atoms with Crippen LogP contribution in [0.15, 0.2) is 24.3 Å². The number of para-hydroxylation sites is 1. The molecular weight excluding hydrogens is 218 g/mol. The van der Waals surface area contributed by atoms with Crippen molar-refractivity contribution in [3.63, 3.8) is 0 Å². The number of ether oxygens (including phenoxy) is 2. The Morgan fingerprint density at radius 3 is 3.06 bits per heavy atom. The van der Waals surface area contributed by atoms with Gasteiger partial charge in [-0.2, -0.15) is 0 Å². The fourth-order valence-electron chi connectivity index (χ4n) is 1.43. The van der Waals surface area contributed by atoms with E-state index in [-0.39, 0.29) is 0 Å². The molecule has 1 aliphatic rings. The molecule has 0 radical (unpaired) electrons. The normalized spacial score (nSPS) is 16.1. The van der Waals surface area contributed by atoms with Crippen molar-refractivity contribution in [1.82, 2.24) is 0 Å². The van der Waals surface area contributed by atoms with Crippen molar-refractivity contribution in [1.29, 1.82) is 0 Å². The highest BCUT2D eigenvalue weighted by atomic mass is 16.5. The fourth-order valence-corrected chi connectivity index (χ4v) is 1.43. The molecule has 0 unspecified atom stereocenters. The van der Waals surface area contributed by atoms with E-state index in [0.29, 0.717) is 31.9 Å². The van der Waals surface area contributed by atoms with Crippen LogP contribution in [0.2, 0.25) is 0 Å². The number of amides is 1. The molecular formula is C13H13NO3. The maximum atomic E-state index is 11.4. The minimum atomic E-state index is -0.458. The molecule has 0 saturated heterocycles. The predicted octanol–water partition coefficient (Wildman–Crippen LogP) is 2.01. The van der Waals surface area contributed by atoms with Gasteiger partial charge in [0.05, 0.1) is 18.9 Å². The van der Waals surface area contributed by atoms with Gasteiger partial charge >= 0.3 is 6.09 Å². The number of fused-ring (bicyclic) bond motifs is 1. The minimum absolute atomic E-state index is 0.349. The number of rotatable bonds is 0. The first kappa shape index (κ1) is 11.5. The standard InChI is InChI=1S/C13H13NO3/c15-13-14-12-7-2-1-5-11(12)6-3-8-16-9-4-10-17-13/h1-2,5,7H,4,8-10H2,(H,14,15). The summed E-state index contributed by atoms with van der Waals surface area (Å²) in [7, 11) is 0. The van der Waals surface area contributed by atoms with Crippen LogP contribution in [0.3, 0.4) is 0 Å². The SMILES string of the molecule is O=C1Nc2ccccc2C#CCOCCCO1. The number of carbonyl (C=O) groups excluding carboxylic acids is 1. The van der Waals surface area contributed by atoms with Gasteiger partial charge in [-0.1, -0.05) is 24.0 Å². The minimum Gasteiger partial charge on any atom is -0.449 e. The van der Waals surface area contributed by atoms with Crippen LogP contribution in [0, 0.1) is 11.8 Å². The summed E-state index contributed by atoms with van der Waals surface area (Å²) in [5, 5.41) is 2.67. The molecule has 88 valence electrons. The Hall–Kier alpha value is -1.99. The lowest BCUT2D eigenvalue weighted by Gasteiger charge is -2.09. The highest BCUT2D eigenvalue weighted by Crippen LogP contribution is 2.14. The van der Waals surface area contributed by atoms with E-state index in [0.717, 1.165) is 5.56 Å². The van der Waals surface area contributed by atoms with E-state index in [1.807, 2.05) is 18.2 Å². The molecule has 0 bridgehead atoms. The van der Waals surface area contributed by atoms with Gasteiger partial charge in [0.15, 0.2) is 0 Å². The quantitative estimate of drug-likeness (QED) is 0.695. The molecule has 4 heteroatoms. The Kier molecular flexibility index (Phi) is 4.00. The van der Waals surface area contributed by atoms with Crippen molar-refractivity contribution in [2.45, 2.75) is 6.42 Å². The van der Waals surface area contributed by atoms with Crippen molar-refractivity contribution in [3.05, 3.63) is 29.8 Å². The number of cyclic esters (lactones) is 1. The Balaban J connectivity index is 2.22. The van der Waals surface area contributed by atoms with Crippen LogP contribution in [0.5, 0.6) is 0 Å². The molecule has 1 aromatic carbocycles. The van der Waals surface area contributed by atoms with Crippen LogP contribution >= 0.6 is 0 Å². The van der Waals surface area contributed by atoms with Crippen LogP contribution in [-0.4, -0.2) is 25.9 Å². The van der Waals surface area contributed by atoms with Gasteiger partial charge in [-0.25, -0.2) is 4.79 Å². The molecule has 1 aliphatic heterocycles. The van der Waals surface area contributed by atoms with Crippen LogP contribution in [0.4, 0.5) is 10.5 Å². The van der Waals surface area contributed by atoms with Crippen molar-refractivity contribution < 1.29 is 14.3 Å². The molecule has 0 fully saturated rings. The van der Waals surface area contributed by atoms with Gasteiger partial charge in [-0.3, -0.25) is 5.32 Å². The number of carbonyl (C=O) groups is 1. The third kappa shape index (κ3) is 3.51. The van der Waals surface area contributed by atoms with Crippen molar-refractivity contribution >= 4 is 11.8 Å². The first-order valence-electron chi connectivity index (χ1n) is 5.46. The highest BCUT2D eigenvalue weighted by Gasteiger charge is 2.06. The predicted molar refractivity (Wildman–Crippen MR) is 63.7 cm³/mol. The van der Waals surface area contributed by atoms with Gasteiger partial charge in [0.2, 0.25) is 0 Å². The van der Waals surface area contributed by atoms with E-state index in [1.165, 1.54) is 0 Å². The van der Waals surface area contributed by atoms with E-state index in [1.54, 1.807) is 6.07 Å². The van der Waals surface area contributed by atoms with E-state index in [2.05, 4.69) is 17.2 Å². The van der Waals surface area contributed by atoms with Gasteiger partial charge in [-0.05, 0) is 12.1 Å². The van der Waals surface area contributed by atoms with E-state index in [4.69, 9.17) is 9.47 Å². The van der Waals surface area contributed by atoms with Crippen molar-refractivity contribution in [2.24, 2.45) is 0 Å². The van der Waals surface area contributed by atoms with Gasteiger partial charge < -0.3 is 9.47 Å². The van der Waals surface area contributed by atoms with Crippen LogP contribution < -0.4 is 5.32 Å². The second-order valence-corrected chi connectivity index (χ2v) is 3.51. The Bertz CT molecular complexity index is 459. The lowest BCUT2D eigenvalue weighted by molar-refractivity contribution is 0.123. The largest absolute Gasteiger partial charge is 0.449 e. The van der Waals surface area contributed by atoms with Crippen molar-refractivity contribution in [2.75, 3.05) is 25.1 Å². The molecule has 0 saturated carbocycles. The summed E-state index contributed by atoms with van der Waals surface area (Å²) in [6.07, 6.45) is 0.219. The molecule has 4 nitrogen and oxygen atoms in total. The van der Waals surface area contributed by atoms with E-state index < -0.39 is 6.09 Å². The lowest BCUT2D eigenvalue weighted by Crippen LogP contribution is -2.16. The van der Waals surface area contributed by atoms with E-state index in [9.17, 15) is 4.79 Å². The first-order chi connectivity index (χ1) is 8.36. The van der Waals surface area contributed by atoms with Gasteiger partial charge in [-0.15, -0.1) is 0 Å². The zero-order valence-electron chi connectivity index (χ0n) is 9.36. The average molecular weight is 231 g/mol. The molecule has 17 heavy (non-hydrogen) atoms. The van der Waals surface area contributed by atoms with Crippen molar-refractivity contribution in [3.8, 4) is 11.8 Å². The molecule has 1 heterocycles. The van der Waals surface area contributed by atoms with E-state index >= 15 is 0 Å². The topological polar surface area (TPSA) is 47.6 Å². The van der Waals surface area contributed by atoms with Gasteiger partial charge in [0.1, 0.15) is 6.61 Å². The molecule has 2 rings (SSSR count). The molecule has 1 amide bonds. The molecule has 1 N–H and O–H groups in total. The van der Waals surface area contributed by atoms with Gasteiger partial charge in [0.25, 0.3) is 0 Å². The zero-order valence-corrected chi connectivity index (χ0v) is 9.36. The summed E-state index contributed by atoms with van der Waals surface area (Å²) in [5.41, 5.74) is 1.42. The smallest absolute Gasteiger partial charge is 0.411 e. The summed E-state index contributed by atoms with van der Waals surface area (Å²) in [4.78, 5) is 11.4. The van der Waals surface area contributed by atoms with Crippen LogP contribution in [0.25, 0.3) is 0 Å². The summed E-state index contributed by atoms with van der Waals surface area (Å²) in [6, 6.07) is 7.34. The summed E-state index contributed by atoms with van der Waals surface area (Å²) >= 11 is 0. The highest BCUT2D eigenvalue weighted by molar-refractivity contribution is 5.86. The third-order valence-electron chi connectivity index (χ3n) is 2.23. The number of nitrogens with one attached hydrogen (secondary N) is 1. The zero-order chi connectivity index (χ0) is 11.9. The second-order valence-electron chi connectivity index (χ2n) is 3.51. The number of anilines is 1. The summed E-state index contributed by atoms with van der Waals surface area (Å²) in [6.45, 7) is 1.29. The summed E-state index contributed by atoms with van der Waals surface area (Å²) < 4.78 is 10.3. The third-order valence-corrected chi connectivity index (χ3v) is 2.23. The maximum Gasteiger partial charge on any atom is 0.411 e. The Labute approximate surface area is 99.9 Å². The average Bonchev–Trinajstić information content (AvgIpc) is 2.32. The second kappa shape index (κ2) is 5.92. The molecule has 0 spiro atoms. The monoisotopic (exact) mass is 231 g/mol. The molecule has 0 aromatic heterocycles. The first-order valence-corrected chi connectivity index (χ1v) is 5.46. The van der Waals surface area contributed by atoms with Crippen LogP contribution in [-0.2, 0) is 9.47 Å². The Morgan fingerprint density at radius 1 is 1.24 bits per heavy atom. The lowest BCUT2D eigenvalue weighted by atomic mass is 10.2. The number of benzene rings is 1. The van der Waals surface area contributed by atoms with Crippen LogP contribution in [0.1, 0.15) is 12.0 Å².